The SMILES string of the molecule is CC(N)(CO)CCN1CCCC1. The highest BCUT2D eigenvalue weighted by Crippen LogP contribution is 2.11. The second-order valence-electron chi connectivity index (χ2n) is 4.11. The summed E-state index contributed by atoms with van der Waals surface area (Å²) >= 11 is 0. The molecule has 1 atom stereocenters. The van der Waals surface area contributed by atoms with Gasteiger partial charge in [-0.1, -0.05) is 0 Å². The molecule has 0 aliphatic carbocycles. The van der Waals surface area contributed by atoms with Gasteiger partial charge in [-0.15, -0.1) is 0 Å². The van der Waals surface area contributed by atoms with Crippen LogP contribution in [0.4, 0.5) is 0 Å². The lowest BCUT2D eigenvalue weighted by Crippen LogP contribution is -2.43. The van der Waals surface area contributed by atoms with Crippen molar-refractivity contribution in [2.75, 3.05) is 26.2 Å². The van der Waals surface area contributed by atoms with Crippen molar-refractivity contribution < 1.29 is 5.11 Å². The van der Waals surface area contributed by atoms with Gasteiger partial charge in [0.1, 0.15) is 0 Å². The zero-order valence-electron chi connectivity index (χ0n) is 7.92. The van der Waals surface area contributed by atoms with Gasteiger partial charge in [-0.3, -0.25) is 0 Å². The number of rotatable bonds is 4. The fourth-order valence-electron chi connectivity index (χ4n) is 1.50. The molecule has 1 rings (SSSR count). The molecule has 0 spiro atoms. The molecule has 0 radical (unpaired) electrons. The summed E-state index contributed by atoms with van der Waals surface area (Å²) in [5, 5.41) is 8.92. The first kappa shape index (κ1) is 9.96. The second kappa shape index (κ2) is 4.21. The molecule has 1 aliphatic rings. The number of aliphatic hydroxyl groups is 1. The minimum atomic E-state index is -0.386. The topological polar surface area (TPSA) is 49.5 Å². The van der Waals surface area contributed by atoms with Crippen LogP contribution < -0.4 is 5.73 Å². The number of hydrogen-bond acceptors (Lipinski definition) is 3. The minimum absolute atomic E-state index is 0.0842. The number of nitrogens with zero attached hydrogens (tertiary/aromatic N) is 1. The van der Waals surface area contributed by atoms with Gasteiger partial charge in [-0.2, -0.15) is 0 Å². The van der Waals surface area contributed by atoms with Crippen molar-refractivity contribution in [1.29, 1.82) is 0 Å². The summed E-state index contributed by atoms with van der Waals surface area (Å²) in [5.41, 5.74) is 5.43. The van der Waals surface area contributed by atoms with E-state index in [0.29, 0.717) is 0 Å². The molecule has 12 heavy (non-hydrogen) atoms. The average molecular weight is 172 g/mol. The van der Waals surface area contributed by atoms with Crippen molar-refractivity contribution in [3.05, 3.63) is 0 Å². The highest BCUT2D eigenvalue weighted by molar-refractivity contribution is 4.79. The minimum Gasteiger partial charge on any atom is -0.394 e. The summed E-state index contributed by atoms with van der Waals surface area (Å²) in [6.45, 7) is 5.44. The van der Waals surface area contributed by atoms with E-state index in [1.54, 1.807) is 0 Å². The molecule has 72 valence electrons. The standard InChI is InChI=1S/C9H20N2O/c1-9(10,8-12)4-7-11-5-2-3-6-11/h12H,2-8,10H2,1H3. The van der Waals surface area contributed by atoms with Crippen molar-refractivity contribution in [3.63, 3.8) is 0 Å². The van der Waals surface area contributed by atoms with Crippen molar-refractivity contribution >= 4 is 0 Å². The Morgan fingerprint density at radius 3 is 2.50 bits per heavy atom. The van der Waals surface area contributed by atoms with E-state index < -0.39 is 0 Å². The summed E-state index contributed by atoms with van der Waals surface area (Å²) in [5.74, 6) is 0. The van der Waals surface area contributed by atoms with Crippen molar-refractivity contribution in [2.45, 2.75) is 31.7 Å². The van der Waals surface area contributed by atoms with E-state index in [-0.39, 0.29) is 12.1 Å². The highest BCUT2D eigenvalue weighted by atomic mass is 16.3. The van der Waals surface area contributed by atoms with E-state index in [9.17, 15) is 0 Å². The number of likely N-dealkylation sites (tertiary alicyclic amines) is 1. The number of hydrogen-bond donors (Lipinski definition) is 2. The molecule has 0 bridgehead atoms. The Morgan fingerprint density at radius 2 is 2.00 bits per heavy atom. The maximum Gasteiger partial charge on any atom is 0.0608 e. The quantitative estimate of drug-likeness (QED) is 0.636. The van der Waals surface area contributed by atoms with Gasteiger partial charge >= 0.3 is 0 Å². The van der Waals surface area contributed by atoms with Crippen LogP contribution in [0.25, 0.3) is 0 Å². The first-order valence-corrected chi connectivity index (χ1v) is 4.76. The first-order valence-electron chi connectivity index (χ1n) is 4.76. The molecule has 0 amide bonds. The predicted molar refractivity (Wildman–Crippen MR) is 50.0 cm³/mol. The zero-order valence-corrected chi connectivity index (χ0v) is 7.92. The Labute approximate surface area is 74.5 Å². The van der Waals surface area contributed by atoms with E-state index in [1.807, 2.05) is 6.92 Å². The summed E-state index contributed by atoms with van der Waals surface area (Å²) in [4.78, 5) is 2.42. The first-order chi connectivity index (χ1) is 5.64. The van der Waals surface area contributed by atoms with Gasteiger partial charge in [-0.25, -0.2) is 0 Å². The van der Waals surface area contributed by atoms with Crippen LogP contribution in [0.1, 0.15) is 26.2 Å². The lowest BCUT2D eigenvalue weighted by atomic mass is 10.0. The molecule has 0 aromatic heterocycles. The van der Waals surface area contributed by atoms with Gasteiger partial charge in [0.2, 0.25) is 0 Å². The van der Waals surface area contributed by atoms with Gasteiger partial charge in [0.05, 0.1) is 6.61 Å². The van der Waals surface area contributed by atoms with E-state index in [1.165, 1.54) is 25.9 Å². The van der Waals surface area contributed by atoms with E-state index in [2.05, 4.69) is 4.90 Å². The molecule has 1 unspecified atom stereocenters. The fraction of sp³-hybridized carbons (Fsp3) is 1.00. The largest absolute Gasteiger partial charge is 0.394 e. The maximum atomic E-state index is 8.92. The Kier molecular flexibility index (Phi) is 3.50. The predicted octanol–water partition coefficient (Wildman–Crippen LogP) is 0.182. The molecular weight excluding hydrogens is 152 g/mol. The van der Waals surface area contributed by atoms with Crippen LogP contribution in [-0.4, -0.2) is 41.8 Å². The van der Waals surface area contributed by atoms with Gasteiger partial charge in [0.25, 0.3) is 0 Å². The average Bonchev–Trinajstić information content (AvgIpc) is 2.53. The third-order valence-corrected chi connectivity index (χ3v) is 2.56. The lowest BCUT2D eigenvalue weighted by molar-refractivity contribution is 0.183. The van der Waals surface area contributed by atoms with E-state index in [4.69, 9.17) is 10.8 Å². The van der Waals surface area contributed by atoms with Crippen LogP contribution in [0.5, 0.6) is 0 Å². The van der Waals surface area contributed by atoms with Gasteiger partial charge in [0.15, 0.2) is 0 Å². The Bertz CT molecular complexity index is 130. The van der Waals surface area contributed by atoms with Crippen molar-refractivity contribution in [3.8, 4) is 0 Å². The Morgan fingerprint density at radius 1 is 1.42 bits per heavy atom. The van der Waals surface area contributed by atoms with Crippen LogP contribution in [0.15, 0.2) is 0 Å². The molecule has 0 aromatic carbocycles. The highest BCUT2D eigenvalue weighted by Gasteiger charge is 2.19. The van der Waals surface area contributed by atoms with Gasteiger partial charge < -0.3 is 15.7 Å². The summed E-state index contributed by atoms with van der Waals surface area (Å²) in [6.07, 6.45) is 3.53. The van der Waals surface area contributed by atoms with Crippen LogP contribution in [-0.2, 0) is 0 Å². The molecule has 3 N–H and O–H groups in total. The number of nitrogens with two attached hydrogens (primary N) is 1. The lowest BCUT2D eigenvalue weighted by Gasteiger charge is -2.24. The summed E-state index contributed by atoms with van der Waals surface area (Å²) in [6, 6.07) is 0. The molecule has 1 saturated heterocycles. The maximum absolute atomic E-state index is 8.92. The third-order valence-electron chi connectivity index (χ3n) is 2.56. The molecule has 0 saturated carbocycles. The normalized spacial score (nSPS) is 24.2. The molecular formula is C9H20N2O. The van der Waals surface area contributed by atoms with Crippen LogP contribution in [0.3, 0.4) is 0 Å². The molecule has 3 nitrogen and oxygen atoms in total. The number of aliphatic hydroxyl groups excluding tert-OH is 1. The molecule has 1 aliphatic heterocycles. The molecule has 0 aromatic rings. The fourth-order valence-corrected chi connectivity index (χ4v) is 1.50. The molecule has 1 fully saturated rings. The summed E-state index contributed by atoms with van der Waals surface area (Å²) in [7, 11) is 0. The van der Waals surface area contributed by atoms with Gasteiger partial charge in [0, 0.05) is 5.54 Å². The molecule has 1 heterocycles. The van der Waals surface area contributed by atoms with Gasteiger partial charge in [-0.05, 0) is 45.8 Å². The molecule has 3 heteroatoms. The Balaban J connectivity index is 2.15. The van der Waals surface area contributed by atoms with Crippen molar-refractivity contribution in [2.24, 2.45) is 5.73 Å². The van der Waals surface area contributed by atoms with E-state index >= 15 is 0 Å². The van der Waals surface area contributed by atoms with Crippen molar-refractivity contribution in [1.82, 2.24) is 4.90 Å². The van der Waals surface area contributed by atoms with Crippen LogP contribution in [0, 0.1) is 0 Å². The van der Waals surface area contributed by atoms with Crippen LogP contribution >= 0.6 is 0 Å². The Hall–Kier alpha value is -0.120. The smallest absolute Gasteiger partial charge is 0.0608 e. The summed E-state index contributed by atoms with van der Waals surface area (Å²) < 4.78 is 0. The van der Waals surface area contributed by atoms with E-state index in [0.717, 1.165) is 13.0 Å². The van der Waals surface area contributed by atoms with Crippen LogP contribution in [0.2, 0.25) is 0 Å². The monoisotopic (exact) mass is 172 g/mol. The third kappa shape index (κ3) is 3.09. The zero-order chi connectivity index (χ0) is 9.03. The second-order valence-corrected chi connectivity index (χ2v) is 4.11.